The number of hydrogen-bond donors (Lipinski definition) is 1. The molecule has 0 heterocycles. The molecule has 1 aliphatic carbocycles. The van der Waals surface area contributed by atoms with E-state index in [-0.39, 0.29) is 12.4 Å². The Morgan fingerprint density at radius 1 is 1.29 bits per heavy atom. The zero-order chi connectivity index (χ0) is 12.3. The average molecular weight is 237 g/mol. The summed E-state index contributed by atoms with van der Waals surface area (Å²) in [5, 5.41) is 9.30. The number of halogens is 1. The Morgan fingerprint density at radius 2 is 2.00 bits per heavy atom. The van der Waals surface area contributed by atoms with E-state index in [1.54, 1.807) is 12.1 Å². The third-order valence-corrected chi connectivity index (χ3v) is 3.72. The van der Waals surface area contributed by atoms with Crippen molar-refractivity contribution in [2.75, 3.05) is 11.9 Å². The molecule has 0 bridgehead atoms. The summed E-state index contributed by atoms with van der Waals surface area (Å²) in [5.74, 6) is -0.232. The second-order valence-corrected chi connectivity index (χ2v) is 4.81. The summed E-state index contributed by atoms with van der Waals surface area (Å²) in [7, 11) is 1.94. The Hall–Kier alpha value is -1.09. The van der Waals surface area contributed by atoms with Gasteiger partial charge in [-0.2, -0.15) is 0 Å². The third-order valence-electron chi connectivity index (χ3n) is 3.72. The van der Waals surface area contributed by atoms with Crippen molar-refractivity contribution in [2.24, 2.45) is 0 Å². The molecule has 1 saturated carbocycles. The van der Waals surface area contributed by atoms with Gasteiger partial charge in [0.1, 0.15) is 5.82 Å². The number of anilines is 1. The van der Waals surface area contributed by atoms with Crippen molar-refractivity contribution in [3.05, 3.63) is 29.6 Å². The van der Waals surface area contributed by atoms with Crippen LogP contribution >= 0.6 is 0 Å². The number of aliphatic hydroxyl groups is 1. The van der Waals surface area contributed by atoms with E-state index in [0.29, 0.717) is 17.3 Å². The van der Waals surface area contributed by atoms with Crippen LogP contribution in [0.2, 0.25) is 0 Å². The lowest BCUT2D eigenvalue weighted by Gasteiger charge is -2.34. The van der Waals surface area contributed by atoms with E-state index in [0.717, 1.165) is 12.8 Å². The summed E-state index contributed by atoms with van der Waals surface area (Å²) in [5.41, 5.74) is 1.25. The van der Waals surface area contributed by atoms with E-state index < -0.39 is 0 Å². The minimum atomic E-state index is -0.232. The lowest BCUT2D eigenvalue weighted by Crippen LogP contribution is -2.34. The predicted octanol–water partition coefficient (Wildman–Crippen LogP) is 3.09. The molecule has 2 nitrogen and oxygen atoms in total. The predicted molar refractivity (Wildman–Crippen MR) is 67.6 cm³/mol. The summed E-state index contributed by atoms with van der Waals surface area (Å²) in [6.45, 7) is -0.107. The molecular weight excluding hydrogens is 217 g/mol. The van der Waals surface area contributed by atoms with Crippen LogP contribution in [0.15, 0.2) is 18.2 Å². The van der Waals surface area contributed by atoms with Crippen LogP contribution in [0, 0.1) is 5.82 Å². The molecule has 2 rings (SSSR count). The van der Waals surface area contributed by atoms with Crippen molar-refractivity contribution >= 4 is 5.69 Å². The van der Waals surface area contributed by atoms with Crippen LogP contribution in [0.5, 0.6) is 0 Å². The van der Waals surface area contributed by atoms with Gasteiger partial charge in [0.25, 0.3) is 0 Å². The van der Waals surface area contributed by atoms with E-state index in [9.17, 15) is 9.50 Å². The Labute approximate surface area is 102 Å². The SMILES string of the molecule is CN(c1c(F)cccc1CO)C1CCCCC1. The van der Waals surface area contributed by atoms with Gasteiger partial charge < -0.3 is 10.0 Å². The van der Waals surface area contributed by atoms with Crippen molar-refractivity contribution in [3.63, 3.8) is 0 Å². The normalized spacial score (nSPS) is 17.1. The maximum absolute atomic E-state index is 13.9. The lowest BCUT2D eigenvalue weighted by atomic mass is 9.93. The van der Waals surface area contributed by atoms with Crippen molar-refractivity contribution in [1.82, 2.24) is 0 Å². The zero-order valence-corrected chi connectivity index (χ0v) is 10.3. The smallest absolute Gasteiger partial charge is 0.146 e. The Bertz CT molecular complexity index is 374. The fraction of sp³-hybridized carbons (Fsp3) is 0.571. The molecule has 0 saturated heterocycles. The summed E-state index contributed by atoms with van der Waals surface area (Å²) in [4.78, 5) is 2.01. The third kappa shape index (κ3) is 2.60. The largest absolute Gasteiger partial charge is 0.392 e. The number of para-hydroxylation sites is 1. The number of nitrogens with zero attached hydrogens (tertiary/aromatic N) is 1. The van der Waals surface area contributed by atoms with Gasteiger partial charge in [-0.15, -0.1) is 0 Å². The van der Waals surface area contributed by atoms with E-state index in [4.69, 9.17) is 0 Å². The summed E-state index contributed by atoms with van der Waals surface area (Å²) in [6.07, 6.45) is 5.97. The summed E-state index contributed by atoms with van der Waals surface area (Å²) in [6, 6.07) is 5.32. The highest BCUT2D eigenvalue weighted by Gasteiger charge is 2.22. The minimum Gasteiger partial charge on any atom is -0.392 e. The standard InChI is InChI=1S/C14H20FNO/c1-16(12-7-3-2-4-8-12)14-11(10-17)6-5-9-13(14)15/h5-6,9,12,17H,2-4,7-8,10H2,1H3. The molecule has 1 aromatic carbocycles. The van der Waals surface area contributed by atoms with Crippen LogP contribution in [0.1, 0.15) is 37.7 Å². The molecule has 1 aliphatic rings. The van der Waals surface area contributed by atoms with Gasteiger partial charge in [-0.25, -0.2) is 4.39 Å². The molecule has 1 N–H and O–H groups in total. The molecule has 0 aliphatic heterocycles. The van der Waals surface area contributed by atoms with Gasteiger partial charge in [-0.05, 0) is 18.9 Å². The van der Waals surface area contributed by atoms with E-state index >= 15 is 0 Å². The number of benzene rings is 1. The Morgan fingerprint density at radius 3 is 2.65 bits per heavy atom. The van der Waals surface area contributed by atoms with Crippen LogP contribution in [0.4, 0.5) is 10.1 Å². The Kier molecular flexibility index (Phi) is 4.00. The zero-order valence-electron chi connectivity index (χ0n) is 10.3. The van der Waals surface area contributed by atoms with Crippen LogP contribution < -0.4 is 4.90 Å². The van der Waals surface area contributed by atoms with Gasteiger partial charge in [0, 0.05) is 18.7 Å². The minimum absolute atomic E-state index is 0.107. The van der Waals surface area contributed by atoms with Crippen molar-refractivity contribution < 1.29 is 9.50 Å². The molecule has 3 heteroatoms. The first-order valence-electron chi connectivity index (χ1n) is 6.35. The van der Waals surface area contributed by atoms with Crippen molar-refractivity contribution in [1.29, 1.82) is 0 Å². The van der Waals surface area contributed by atoms with Crippen LogP contribution in [0.25, 0.3) is 0 Å². The number of hydrogen-bond acceptors (Lipinski definition) is 2. The highest BCUT2D eigenvalue weighted by atomic mass is 19.1. The van der Waals surface area contributed by atoms with E-state index in [2.05, 4.69) is 0 Å². The molecule has 1 aromatic rings. The topological polar surface area (TPSA) is 23.5 Å². The first kappa shape index (κ1) is 12.4. The summed E-state index contributed by atoms with van der Waals surface area (Å²) >= 11 is 0. The second-order valence-electron chi connectivity index (χ2n) is 4.81. The second kappa shape index (κ2) is 5.50. The fourth-order valence-electron chi connectivity index (χ4n) is 2.73. The molecule has 1 fully saturated rings. The summed E-state index contributed by atoms with van der Waals surface area (Å²) < 4.78 is 13.9. The lowest BCUT2D eigenvalue weighted by molar-refractivity contribution is 0.281. The average Bonchev–Trinajstić information content (AvgIpc) is 2.38. The first-order chi connectivity index (χ1) is 8.24. The molecule has 0 atom stereocenters. The molecule has 0 amide bonds. The molecule has 94 valence electrons. The Balaban J connectivity index is 2.25. The molecular formula is C14H20FNO. The first-order valence-corrected chi connectivity index (χ1v) is 6.35. The van der Waals surface area contributed by atoms with Gasteiger partial charge in [-0.3, -0.25) is 0 Å². The molecule has 0 radical (unpaired) electrons. The number of rotatable bonds is 3. The highest BCUT2D eigenvalue weighted by molar-refractivity contribution is 5.54. The van der Waals surface area contributed by atoms with Crippen LogP contribution in [-0.2, 0) is 6.61 Å². The van der Waals surface area contributed by atoms with Gasteiger partial charge in [0.2, 0.25) is 0 Å². The fourth-order valence-corrected chi connectivity index (χ4v) is 2.73. The molecule has 17 heavy (non-hydrogen) atoms. The quantitative estimate of drug-likeness (QED) is 0.873. The molecule has 0 unspecified atom stereocenters. The van der Waals surface area contributed by atoms with E-state index in [1.165, 1.54) is 25.3 Å². The van der Waals surface area contributed by atoms with Gasteiger partial charge >= 0.3 is 0 Å². The maximum Gasteiger partial charge on any atom is 0.146 e. The van der Waals surface area contributed by atoms with Gasteiger partial charge in [-0.1, -0.05) is 31.4 Å². The van der Waals surface area contributed by atoms with E-state index in [1.807, 2.05) is 11.9 Å². The van der Waals surface area contributed by atoms with Crippen molar-refractivity contribution in [2.45, 2.75) is 44.8 Å². The maximum atomic E-state index is 13.9. The highest BCUT2D eigenvalue weighted by Crippen LogP contribution is 2.30. The van der Waals surface area contributed by atoms with Gasteiger partial charge in [0.15, 0.2) is 0 Å². The van der Waals surface area contributed by atoms with Crippen LogP contribution in [-0.4, -0.2) is 18.2 Å². The van der Waals surface area contributed by atoms with Gasteiger partial charge in [0.05, 0.1) is 12.3 Å². The number of aliphatic hydroxyl groups excluding tert-OH is 1. The van der Waals surface area contributed by atoms with Crippen molar-refractivity contribution in [3.8, 4) is 0 Å². The molecule has 0 aromatic heterocycles. The molecule has 0 spiro atoms. The monoisotopic (exact) mass is 237 g/mol. The van der Waals surface area contributed by atoms with Crippen LogP contribution in [0.3, 0.4) is 0 Å².